The Morgan fingerprint density at radius 1 is 1.03 bits per heavy atom. The van der Waals surface area contributed by atoms with Crippen LogP contribution in [-0.4, -0.2) is 83.7 Å². The second kappa shape index (κ2) is 10.1. The highest BCUT2D eigenvalue weighted by atomic mass is 16.5. The molecule has 0 aliphatic carbocycles. The number of imidazole rings is 1. The van der Waals surface area contributed by atoms with E-state index in [9.17, 15) is 4.79 Å². The van der Waals surface area contributed by atoms with Gasteiger partial charge in [-0.2, -0.15) is 0 Å². The van der Waals surface area contributed by atoms with Crippen molar-refractivity contribution in [3.63, 3.8) is 0 Å². The number of hydrogen-bond acceptors (Lipinski definition) is 6. The minimum atomic E-state index is 0.00572. The van der Waals surface area contributed by atoms with E-state index in [0.29, 0.717) is 18.1 Å². The summed E-state index contributed by atoms with van der Waals surface area (Å²) < 4.78 is 8.01. The van der Waals surface area contributed by atoms with Gasteiger partial charge >= 0.3 is 0 Å². The SMILES string of the molecule is CCOc1ccccc1N1CCN(Cn2cnc3c(C(=O)NC4CN5CCC4CC5)cccc32)CC1. The fourth-order valence-electron chi connectivity index (χ4n) is 6.10. The molecule has 1 unspecified atom stereocenters. The number of hydrogen-bond donors (Lipinski definition) is 1. The van der Waals surface area contributed by atoms with Gasteiger partial charge in [0.05, 0.1) is 36.4 Å². The van der Waals surface area contributed by atoms with Crippen molar-refractivity contribution in [2.75, 3.05) is 57.3 Å². The number of ether oxygens (including phenoxy) is 1. The normalized spacial score (nSPS) is 24.2. The van der Waals surface area contributed by atoms with Crippen molar-refractivity contribution < 1.29 is 9.53 Å². The lowest BCUT2D eigenvalue weighted by atomic mass is 9.84. The number of nitrogens with one attached hydrogen (secondary N) is 1. The van der Waals surface area contributed by atoms with E-state index in [-0.39, 0.29) is 11.9 Å². The van der Waals surface area contributed by atoms with E-state index in [1.165, 1.54) is 31.6 Å². The molecule has 4 aliphatic heterocycles. The van der Waals surface area contributed by atoms with Crippen LogP contribution in [0.25, 0.3) is 11.0 Å². The topological polar surface area (TPSA) is 65.9 Å². The van der Waals surface area contributed by atoms with E-state index < -0.39 is 0 Å². The molecule has 36 heavy (non-hydrogen) atoms. The molecular formula is C28H36N6O2. The summed E-state index contributed by atoms with van der Waals surface area (Å²) in [6, 6.07) is 14.5. The quantitative estimate of drug-likeness (QED) is 0.552. The number of rotatable bonds is 7. The van der Waals surface area contributed by atoms with Crippen molar-refractivity contribution in [1.82, 2.24) is 24.7 Å². The van der Waals surface area contributed by atoms with Crippen LogP contribution in [0.2, 0.25) is 0 Å². The summed E-state index contributed by atoms with van der Waals surface area (Å²) >= 11 is 0. The van der Waals surface area contributed by atoms with Crippen molar-refractivity contribution in [3.05, 3.63) is 54.4 Å². The van der Waals surface area contributed by atoms with Gasteiger partial charge in [-0.15, -0.1) is 0 Å². The van der Waals surface area contributed by atoms with Gasteiger partial charge < -0.3 is 24.4 Å². The lowest BCUT2D eigenvalue weighted by Crippen LogP contribution is -2.57. The van der Waals surface area contributed by atoms with Crippen LogP contribution in [-0.2, 0) is 6.67 Å². The van der Waals surface area contributed by atoms with E-state index in [1.54, 1.807) is 0 Å². The Morgan fingerprint density at radius 3 is 2.58 bits per heavy atom. The molecule has 2 aromatic carbocycles. The highest BCUT2D eigenvalue weighted by Gasteiger charge is 2.35. The second-order valence-corrected chi connectivity index (χ2v) is 10.3. The molecule has 7 rings (SSSR count). The fourth-order valence-corrected chi connectivity index (χ4v) is 6.10. The average Bonchev–Trinajstić information content (AvgIpc) is 3.33. The molecule has 0 spiro atoms. The van der Waals surface area contributed by atoms with Crippen molar-refractivity contribution in [2.45, 2.75) is 32.5 Å². The van der Waals surface area contributed by atoms with Gasteiger partial charge in [-0.3, -0.25) is 9.69 Å². The van der Waals surface area contributed by atoms with Crippen LogP contribution >= 0.6 is 0 Å². The van der Waals surface area contributed by atoms with Crippen LogP contribution in [0.15, 0.2) is 48.8 Å². The molecule has 3 aromatic rings. The molecule has 1 aromatic heterocycles. The lowest BCUT2D eigenvalue weighted by molar-refractivity contribution is 0.0621. The third-order valence-corrected chi connectivity index (χ3v) is 8.10. The largest absolute Gasteiger partial charge is 0.492 e. The van der Waals surface area contributed by atoms with Crippen LogP contribution in [0.5, 0.6) is 5.75 Å². The molecule has 1 N–H and O–H groups in total. The third-order valence-electron chi connectivity index (χ3n) is 8.10. The molecule has 5 heterocycles. The van der Waals surface area contributed by atoms with Gasteiger partial charge in [0.2, 0.25) is 0 Å². The summed E-state index contributed by atoms with van der Waals surface area (Å²) in [6.07, 6.45) is 4.26. The van der Waals surface area contributed by atoms with Crippen LogP contribution in [0, 0.1) is 5.92 Å². The van der Waals surface area contributed by atoms with E-state index in [2.05, 4.69) is 47.8 Å². The van der Waals surface area contributed by atoms with E-state index >= 15 is 0 Å². The number of nitrogens with zero attached hydrogens (tertiary/aromatic N) is 5. The summed E-state index contributed by atoms with van der Waals surface area (Å²) in [5.41, 5.74) is 3.66. The second-order valence-electron chi connectivity index (χ2n) is 10.3. The number of carbonyl (C=O) groups excluding carboxylic acids is 1. The first-order valence-electron chi connectivity index (χ1n) is 13.4. The van der Waals surface area contributed by atoms with Crippen LogP contribution in [0.1, 0.15) is 30.1 Å². The highest BCUT2D eigenvalue weighted by Crippen LogP contribution is 2.30. The van der Waals surface area contributed by atoms with Gasteiger partial charge in [-0.25, -0.2) is 4.98 Å². The Hall–Kier alpha value is -3.10. The van der Waals surface area contributed by atoms with Crippen LogP contribution in [0.4, 0.5) is 5.69 Å². The number of piperazine rings is 1. The Morgan fingerprint density at radius 2 is 1.83 bits per heavy atom. The lowest BCUT2D eigenvalue weighted by Gasteiger charge is -2.44. The zero-order chi connectivity index (χ0) is 24.5. The maximum absolute atomic E-state index is 13.2. The maximum Gasteiger partial charge on any atom is 0.253 e. The van der Waals surface area contributed by atoms with Crippen molar-refractivity contribution in [3.8, 4) is 5.75 Å². The number of piperidine rings is 3. The minimum Gasteiger partial charge on any atom is -0.492 e. The van der Waals surface area contributed by atoms with Crippen molar-refractivity contribution >= 4 is 22.6 Å². The molecule has 2 bridgehead atoms. The summed E-state index contributed by atoms with van der Waals surface area (Å²) in [7, 11) is 0. The Kier molecular flexibility index (Phi) is 6.54. The Labute approximate surface area is 212 Å². The summed E-state index contributed by atoms with van der Waals surface area (Å²) in [4.78, 5) is 25.2. The monoisotopic (exact) mass is 488 g/mol. The Balaban J connectivity index is 1.11. The molecule has 190 valence electrons. The number of carbonyl (C=O) groups is 1. The van der Waals surface area contributed by atoms with Gasteiger partial charge in [0.15, 0.2) is 0 Å². The highest BCUT2D eigenvalue weighted by molar-refractivity contribution is 6.05. The van der Waals surface area contributed by atoms with E-state index in [1.807, 2.05) is 37.5 Å². The fraction of sp³-hybridized carbons (Fsp3) is 0.500. The molecule has 1 amide bonds. The van der Waals surface area contributed by atoms with Gasteiger partial charge in [-0.1, -0.05) is 18.2 Å². The molecule has 1 atom stereocenters. The number of benzene rings is 2. The smallest absolute Gasteiger partial charge is 0.253 e. The molecule has 4 saturated heterocycles. The zero-order valence-corrected chi connectivity index (χ0v) is 21.1. The molecule has 0 radical (unpaired) electrons. The Bertz CT molecular complexity index is 1210. The van der Waals surface area contributed by atoms with Gasteiger partial charge in [0.25, 0.3) is 5.91 Å². The number of para-hydroxylation sites is 3. The van der Waals surface area contributed by atoms with E-state index in [4.69, 9.17) is 4.74 Å². The van der Waals surface area contributed by atoms with Crippen molar-refractivity contribution in [1.29, 1.82) is 0 Å². The molecule has 4 fully saturated rings. The first-order valence-corrected chi connectivity index (χ1v) is 13.4. The van der Waals surface area contributed by atoms with Gasteiger partial charge in [0, 0.05) is 38.8 Å². The zero-order valence-electron chi connectivity index (χ0n) is 21.1. The summed E-state index contributed by atoms with van der Waals surface area (Å²) in [5, 5.41) is 3.33. The average molecular weight is 489 g/mol. The molecule has 8 heteroatoms. The first kappa shape index (κ1) is 23.3. The number of amides is 1. The minimum absolute atomic E-state index is 0.00572. The molecule has 4 aliphatic rings. The number of aromatic nitrogens is 2. The van der Waals surface area contributed by atoms with Crippen molar-refractivity contribution in [2.24, 2.45) is 5.92 Å². The van der Waals surface area contributed by atoms with Gasteiger partial charge in [-0.05, 0) is 63.0 Å². The first-order chi connectivity index (χ1) is 17.7. The molecular weight excluding hydrogens is 452 g/mol. The molecule has 8 nitrogen and oxygen atoms in total. The number of fused-ring (bicyclic) bond motifs is 4. The number of anilines is 1. The van der Waals surface area contributed by atoms with Gasteiger partial charge in [0.1, 0.15) is 11.3 Å². The van der Waals surface area contributed by atoms with E-state index in [0.717, 1.165) is 56.2 Å². The standard InChI is InChI=1S/C28H36N6O2/c1-2-36-26-9-4-3-7-24(26)33-16-14-32(15-17-33)20-34-19-29-27-22(6-5-8-25(27)34)28(35)30-23-18-31-12-10-21(23)11-13-31/h3-9,19,21,23H,2,10-18,20H2,1H3,(H,30,35). The predicted octanol–water partition coefficient (Wildman–Crippen LogP) is 3.04. The van der Waals surface area contributed by atoms with Crippen LogP contribution in [0.3, 0.4) is 0 Å². The summed E-state index contributed by atoms with van der Waals surface area (Å²) in [5.74, 6) is 1.57. The molecule has 0 saturated carbocycles. The summed E-state index contributed by atoms with van der Waals surface area (Å²) in [6.45, 7) is 10.6. The van der Waals surface area contributed by atoms with Crippen LogP contribution < -0.4 is 15.0 Å². The maximum atomic E-state index is 13.2. The predicted molar refractivity (Wildman–Crippen MR) is 142 cm³/mol. The third kappa shape index (κ3) is 4.55.